The minimum Gasteiger partial charge on any atom is -0.462 e. The molecule has 0 amide bonds. The van der Waals surface area contributed by atoms with Gasteiger partial charge in [0.15, 0.2) is 12.2 Å². The summed E-state index contributed by atoms with van der Waals surface area (Å²) < 4.78 is 68.8. The number of phosphoric ester groups is 2. The predicted molar refractivity (Wildman–Crippen MR) is 432 cm³/mol. The summed E-state index contributed by atoms with van der Waals surface area (Å²) in [7, 11) is -9.95. The van der Waals surface area contributed by atoms with Gasteiger partial charge in [-0.15, -0.1) is 0 Å². The van der Waals surface area contributed by atoms with Crippen LogP contribution in [0.1, 0.15) is 413 Å². The van der Waals surface area contributed by atoms with Gasteiger partial charge in [0.05, 0.1) is 26.4 Å². The second kappa shape index (κ2) is 77.7. The third-order valence-electron chi connectivity index (χ3n) is 19.4. The number of rotatable bonds is 82. The number of aliphatic hydroxyl groups is 1. The summed E-state index contributed by atoms with van der Waals surface area (Å²) in [6.45, 7) is 7.29. The second-order valence-electron chi connectivity index (χ2n) is 29.8. The molecule has 616 valence electrons. The molecule has 0 rings (SSSR count). The van der Waals surface area contributed by atoms with Crippen LogP contribution in [0.3, 0.4) is 0 Å². The van der Waals surface area contributed by atoms with Gasteiger partial charge in [-0.25, -0.2) is 9.13 Å². The van der Waals surface area contributed by atoms with Crippen molar-refractivity contribution in [2.24, 2.45) is 5.92 Å². The molecule has 0 saturated heterocycles. The highest BCUT2D eigenvalue weighted by molar-refractivity contribution is 7.47. The third-order valence-corrected chi connectivity index (χ3v) is 21.3. The number of allylic oxidation sites excluding steroid dienone is 8. The van der Waals surface area contributed by atoms with Crippen LogP contribution >= 0.6 is 15.6 Å². The highest BCUT2D eigenvalue weighted by Gasteiger charge is 2.30. The molecule has 0 fully saturated rings. The maximum Gasteiger partial charge on any atom is 0.472 e. The van der Waals surface area contributed by atoms with Crippen molar-refractivity contribution < 1.29 is 80.2 Å². The van der Waals surface area contributed by atoms with E-state index in [1.54, 1.807) is 0 Å². The highest BCUT2D eigenvalue weighted by Crippen LogP contribution is 2.45. The molecule has 0 spiro atoms. The summed E-state index contributed by atoms with van der Waals surface area (Å²) in [4.78, 5) is 73.2. The van der Waals surface area contributed by atoms with Crippen molar-refractivity contribution in [1.82, 2.24) is 0 Å². The van der Waals surface area contributed by atoms with Crippen LogP contribution in [-0.2, 0) is 65.4 Å². The van der Waals surface area contributed by atoms with Crippen molar-refractivity contribution in [2.75, 3.05) is 39.6 Å². The van der Waals surface area contributed by atoms with Crippen LogP contribution in [-0.4, -0.2) is 96.7 Å². The van der Waals surface area contributed by atoms with Crippen LogP contribution in [0.2, 0.25) is 0 Å². The number of carbonyl (C=O) groups excluding carboxylic acids is 4. The summed E-state index contributed by atoms with van der Waals surface area (Å²) in [5, 5.41) is 10.7. The Morgan fingerprint density at radius 3 is 0.810 bits per heavy atom. The molecule has 17 nitrogen and oxygen atoms in total. The zero-order valence-corrected chi connectivity index (χ0v) is 69.6. The van der Waals surface area contributed by atoms with E-state index in [1.165, 1.54) is 205 Å². The van der Waals surface area contributed by atoms with Crippen LogP contribution in [0, 0.1) is 5.92 Å². The molecule has 0 aliphatic carbocycles. The number of phosphoric acid groups is 2. The fourth-order valence-electron chi connectivity index (χ4n) is 12.4. The van der Waals surface area contributed by atoms with E-state index < -0.39 is 97.5 Å². The number of ether oxygens (including phenoxy) is 4. The minimum absolute atomic E-state index is 0.0835. The Bertz CT molecular complexity index is 2190. The Hall–Kier alpha value is -2.98. The molecule has 3 unspecified atom stereocenters. The lowest BCUT2D eigenvalue weighted by atomic mass is 9.99. The average molecular weight is 1530 g/mol. The molecule has 19 heteroatoms. The topological polar surface area (TPSA) is 237 Å². The quantitative estimate of drug-likeness (QED) is 0.0169. The molecule has 3 N–H and O–H groups in total. The highest BCUT2D eigenvalue weighted by atomic mass is 31.2. The van der Waals surface area contributed by atoms with Gasteiger partial charge in [0.1, 0.15) is 19.3 Å². The zero-order valence-electron chi connectivity index (χ0n) is 67.8. The van der Waals surface area contributed by atoms with Crippen LogP contribution < -0.4 is 0 Å². The number of aliphatic hydroxyl groups excluding tert-OH is 1. The zero-order chi connectivity index (χ0) is 76.9. The van der Waals surface area contributed by atoms with Crippen LogP contribution in [0.15, 0.2) is 48.6 Å². The van der Waals surface area contributed by atoms with Gasteiger partial charge in [0, 0.05) is 25.7 Å². The van der Waals surface area contributed by atoms with Crippen LogP contribution in [0.25, 0.3) is 0 Å². The summed E-state index contributed by atoms with van der Waals surface area (Å²) in [5.41, 5.74) is 0. The smallest absolute Gasteiger partial charge is 0.462 e. The first-order chi connectivity index (χ1) is 51.1. The molecule has 105 heavy (non-hydrogen) atoms. The van der Waals surface area contributed by atoms with Crippen molar-refractivity contribution in [2.45, 2.75) is 432 Å². The number of hydrogen-bond donors (Lipinski definition) is 3. The molecule has 0 aliphatic rings. The molecule has 0 aliphatic heterocycles. The largest absolute Gasteiger partial charge is 0.472 e. The van der Waals surface area contributed by atoms with Crippen LogP contribution in [0.4, 0.5) is 0 Å². The number of esters is 4. The number of hydrogen-bond acceptors (Lipinski definition) is 15. The summed E-state index contributed by atoms with van der Waals surface area (Å²) in [6.07, 6.45) is 76.4. The monoisotopic (exact) mass is 1530 g/mol. The van der Waals surface area contributed by atoms with E-state index in [0.29, 0.717) is 25.7 Å². The Kier molecular flexibility index (Phi) is 75.5. The van der Waals surface area contributed by atoms with E-state index in [9.17, 15) is 43.2 Å². The van der Waals surface area contributed by atoms with Gasteiger partial charge in [-0.3, -0.25) is 37.3 Å². The lowest BCUT2D eigenvalue weighted by Gasteiger charge is -2.21. The Morgan fingerprint density at radius 2 is 0.533 bits per heavy atom. The average Bonchev–Trinajstić information content (AvgIpc) is 0.917. The molecule has 0 heterocycles. The standard InChI is InChI=1S/C86H160O17P2/c1-6-10-13-16-19-22-25-28-34-40-45-50-55-60-65-70-84(89)97-76-82(103-86(91)72-67-62-57-52-47-42-37-33-31-30-32-36-39-43-48-53-58-63-68-79(5)9-4)78-101-105(94,95)99-74-80(87)73-98-104(92,93)100-77-81(75-96-83(88)69-64-59-54-49-44-38-27-24-21-18-15-12-8-3)102-85(90)71-66-61-56-51-46-41-35-29-26-23-20-17-14-11-7-2/h22-23,25-26,28-29,34-35,79-82,87H,6-21,24,27,30-33,36-78H2,1-5H3,(H,92,93)(H,94,95)/b25-22-,26-23-,34-28-,35-29-/t79?,80-,81+,82+/m0/s1. The first-order valence-corrected chi connectivity index (χ1v) is 46.3. The molecule has 0 radical (unpaired) electrons. The third kappa shape index (κ3) is 77.5. The van der Waals surface area contributed by atoms with E-state index in [-0.39, 0.29) is 25.7 Å². The van der Waals surface area contributed by atoms with Gasteiger partial charge < -0.3 is 33.8 Å². The summed E-state index contributed by atoms with van der Waals surface area (Å²) in [6, 6.07) is 0. The first kappa shape index (κ1) is 102. The minimum atomic E-state index is -4.98. The van der Waals surface area contributed by atoms with Gasteiger partial charge in [-0.05, 0) is 83.0 Å². The Labute approximate surface area is 642 Å². The summed E-state index contributed by atoms with van der Waals surface area (Å²) in [5.74, 6) is -1.29. The molecule has 0 bridgehead atoms. The lowest BCUT2D eigenvalue weighted by molar-refractivity contribution is -0.161. The molecule has 0 saturated carbocycles. The first-order valence-electron chi connectivity index (χ1n) is 43.3. The van der Waals surface area contributed by atoms with Crippen molar-refractivity contribution >= 4 is 39.5 Å². The SMILES string of the molecule is CCCCCC/C=C\C=C/CCCCCCCC(=O)OC[C@H](COP(=O)(O)OC[C@@H](O)COP(=O)(O)OC[C@@H](COC(=O)CCCCCCCCCCCCCCC)OC(=O)CCCCCCC/C=C\C=C/CCCCCC)OC(=O)CCCCCCCCCCCCCCCCCCCCC(C)CC. The van der Waals surface area contributed by atoms with Gasteiger partial charge in [0.2, 0.25) is 0 Å². The molecule has 0 aromatic carbocycles. The lowest BCUT2D eigenvalue weighted by Crippen LogP contribution is -2.30. The Morgan fingerprint density at radius 1 is 0.305 bits per heavy atom. The number of carbonyl (C=O) groups is 4. The Balaban J connectivity index is 5.30. The fourth-order valence-corrected chi connectivity index (χ4v) is 13.9. The van der Waals surface area contributed by atoms with Gasteiger partial charge in [-0.1, -0.05) is 359 Å². The van der Waals surface area contributed by atoms with Gasteiger partial charge in [0.25, 0.3) is 0 Å². The van der Waals surface area contributed by atoms with Crippen molar-refractivity contribution in [1.29, 1.82) is 0 Å². The summed E-state index contributed by atoms with van der Waals surface area (Å²) >= 11 is 0. The van der Waals surface area contributed by atoms with E-state index >= 15 is 0 Å². The van der Waals surface area contributed by atoms with Gasteiger partial charge >= 0.3 is 39.5 Å². The van der Waals surface area contributed by atoms with E-state index in [4.69, 9.17) is 37.0 Å². The maximum atomic E-state index is 13.1. The fraction of sp³-hybridized carbons (Fsp3) is 0.860. The van der Waals surface area contributed by atoms with Crippen molar-refractivity contribution in [3.63, 3.8) is 0 Å². The number of unbranched alkanes of at least 4 members (excludes halogenated alkanes) is 47. The van der Waals surface area contributed by atoms with E-state index in [2.05, 4.69) is 83.2 Å². The molecule has 6 atom stereocenters. The predicted octanol–water partition coefficient (Wildman–Crippen LogP) is 25.5. The molecule has 0 aromatic heterocycles. The molecular weight excluding hydrogens is 1370 g/mol. The van der Waals surface area contributed by atoms with E-state index in [0.717, 1.165) is 128 Å². The molecular formula is C86H160O17P2. The van der Waals surface area contributed by atoms with Crippen LogP contribution in [0.5, 0.6) is 0 Å². The normalized spacial score (nSPS) is 14.3. The maximum absolute atomic E-state index is 13.1. The van der Waals surface area contributed by atoms with E-state index in [1.807, 2.05) is 0 Å². The van der Waals surface area contributed by atoms with Gasteiger partial charge in [-0.2, -0.15) is 0 Å². The van der Waals surface area contributed by atoms with Crippen molar-refractivity contribution in [3.05, 3.63) is 48.6 Å². The second-order valence-corrected chi connectivity index (χ2v) is 32.7. The molecule has 0 aromatic rings. The van der Waals surface area contributed by atoms with Crippen molar-refractivity contribution in [3.8, 4) is 0 Å².